The summed E-state index contributed by atoms with van der Waals surface area (Å²) in [5.41, 5.74) is -0.0589. The highest BCUT2D eigenvalue weighted by Gasteiger charge is 2.36. The van der Waals surface area contributed by atoms with Crippen LogP contribution in [0.25, 0.3) is 0 Å². The molecule has 0 bridgehead atoms. The number of aliphatic hydroxyl groups excluding tert-OH is 2. The van der Waals surface area contributed by atoms with E-state index in [-0.39, 0.29) is 18.2 Å². The van der Waals surface area contributed by atoms with Gasteiger partial charge < -0.3 is 15.5 Å². The molecule has 0 aromatic rings. The molecule has 2 rings (SSSR count). The number of aliphatic hydroxyl groups is 2. The second kappa shape index (κ2) is 5.48. The van der Waals surface area contributed by atoms with Gasteiger partial charge in [0.15, 0.2) is 0 Å². The molecule has 0 spiro atoms. The zero-order valence-corrected chi connectivity index (χ0v) is 10.1. The summed E-state index contributed by atoms with van der Waals surface area (Å²) in [4.78, 5) is 0. The van der Waals surface area contributed by atoms with Gasteiger partial charge in [0.2, 0.25) is 0 Å². The van der Waals surface area contributed by atoms with Crippen LogP contribution < -0.4 is 5.32 Å². The van der Waals surface area contributed by atoms with Crippen LogP contribution in [0.4, 0.5) is 0 Å². The molecular formula is C13H25NO2. The second-order valence-electron chi connectivity index (χ2n) is 5.71. The van der Waals surface area contributed by atoms with Crippen LogP contribution in [-0.4, -0.2) is 35.0 Å². The van der Waals surface area contributed by atoms with Gasteiger partial charge in [-0.2, -0.15) is 0 Å². The van der Waals surface area contributed by atoms with Crippen LogP contribution in [0.2, 0.25) is 0 Å². The van der Waals surface area contributed by atoms with Gasteiger partial charge in [0.05, 0.1) is 12.7 Å². The Bertz CT molecular complexity index is 204. The van der Waals surface area contributed by atoms with Crippen LogP contribution in [-0.2, 0) is 0 Å². The van der Waals surface area contributed by atoms with Crippen molar-refractivity contribution in [2.45, 2.75) is 63.0 Å². The molecule has 0 aliphatic heterocycles. The highest BCUT2D eigenvalue weighted by Crippen LogP contribution is 2.32. The minimum absolute atomic E-state index is 0.0589. The van der Waals surface area contributed by atoms with Crippen molar-refractivity contribution in [3.63, 3.8) is 0 Å². The van der Waals surface area contributed by atoms with Crippen LogP contribution in [0.15, 0.2) is 0 Å². The van der Waals surface area contributed by atoms with Gasteiger partial charge in [0.25, 0.3) is 0 Å². The lowest BCUT2D eigenvalue weighted by molar-refractivity contribution is 0.0628. The summed E-state index contributed by atoms with van der Waals surface area (Å²) in [6, 6.07) is 0. The van der Waals surface area contributed by atoms with Crippen molar-refractivity contribution in [1.29, 1.82) is 0 Å². The van der Waals surface area contributed by atoms with Crippen molar-refractivity contribution < 1.29 is 10.2 Å². The third-order valence-corrected chi connectivity index (χ3v) is 4.41. The van der Waals surface area contributed by atoms with Gasteiger partial charge >= 0.3 is 0 Å². The quantitative estimate of drug-likeness (QED) is 0.643. The normalized spacial score (nSPS) is 26.6. The van der Waals surface area contributed by atoms with E-state index < -0.39 is 0 Å². The number of hydrogen-bond donors (Lipinski definition) is 3. The van der Waals surface area contributed by atoms with Gasteiger partial charge in [-0.3, -0.25) is 0 Å². The van der Waals surface area contributed by atoms with E-state index >= 15 is 0 Å². The predicted molar refractivity (Wildman–Crippen MR) is 64.3 cm³/mol. The first-order chi connectivity index (χ1) is 7.74. The minimum Gasteiger partial charge on any atom is -0.394 e. The Morgan fingerprint density at radius 1 is 1.19 bits per heavy atom. The average Bonchev–Trinajstić information content (AvgIpc) is 2.69. The number of rotatable bonds is 6. The SMILES string of the molecule is OCC1(NCC(O)CC2CCCC2)CCC1. The molecule has 3 nitrogen and oxygen atoms in total. The average molecular weight is 227 g/mol. The highest BCUT2D eigenvalue weighted by atomic mass is 16.3. The Balaban J connectivity index is 1.64. The number of nitrogens with one attached hydrogen (secondary N) is 1. The fourth-order valence-electron chi connectivity index (χ4n) is 3.04. The number of hydrogen-bond acceptors (Lipinski definition) is 3. The molecule has 2 aliphatic rings. The topological polar surface area (TPSA) is 52.5 Å². The van der Waals surface area contributed by atoms with Gasteiger partial charge in [-0.25, -0.2) is 0 Å². The lowest BCUT2D eigenvalue weighted by atomic mass is 9.77. The van der Waals surface area contributed by atoms with Gasteiger partial charge in [-0.05, 0) is 31.6 Å². The Labute approximate surface area is 98.2 Å². The smallest absolute Gasteiger partial charge is 0.0667 e. The lowest BCUT2D eigenvalue weighted by Gasteiger charge is -2.42. The fraction of sp³-hybridized carbons (Fsp3) is 1.00. The number of β-amino-alcohol motifs (C(OH)–C–C–N with tert-alkyl or cyclic N) is 1. The van der Waals surface area contributed by atoms with Crippen LogP contribution >= 0.6 is 0 Å². The molecule has 2 saturated carbocycles. The summed E-state index contributed by atoms with van der Waals surface area (Å²) in [5.74, 6) is 0.739. The largest absolute Gasteiger partial charge is 0.394 e. The van der Waals surface area contributed by atoms with Crippen molar-refractivity contribution in [1.82, 2.24) is 5.32 Å². The third-order valence-electron chi connectivity index (χ3n) is 4.41. The molecule has 0 saturated heterocycles. The molecule has 0 amide bonds. The third kappa shape index (κ3) is 2.96. The first kappa shape index (κ1) is 12.3. The standard InChI is InChI=1S/C13H25NO2/c15-10-13(6-3-7-13)14-9-12(16)8-11-4-1-2-5-11/h11-12,14-16H,1-10H2. The molecule has 3 N–H and O–H groups in total. The lowest BCUT2D eigenvalue weighted by Crippen LogP contribution is -2.55. The molecule has 0 aromatic heterocycles. The van der Waals surface area contributed by atoms with Crippen molar-refractivity contribution in [3.05, 3.63) is 0 Å². The minimum atomic E-state index is -0.230. The molecule has 2 aliphatic carbocycles. The highest BCUT2D eigenvalue weighted by molar-refractivity contribution is 4.95. The first-order valence-corrected chi connectivity index (χ1v) is 6.78. The van der Waals surface area contributed by atoms with Crippen molar-refractivity contribution in [2.24, 2.45) is 5.92 Å². The van der Waals surface area contributed by atoms with E-state index in [0.29, 0.717) is 6.54 Å². The molecule has 1 atom stereocenters. The zero-order valence-electron chi connectivity index (χ0n) is 10.1. The molecule has 94 valence electrons. The van der Waals surface area contributed by atoms with Crippen LogP contribution in [0, 0.1) is 5.92 Å². The molecule has 3 heteroatoms. The van der Waals surface area contributed by atoms with E-state index in [2.05, 4.69) is 5.32 Å². The molecule has 0 heterocycles. The summed E-state index contributed by atoms with van der Waals surface area (Å²) in [7, 11) is 0. The van der Waals surface area contributed by atoms with Crippen LogP contribution in [0.5, 0.6) is 0 Å². The Hall–Kier alpha value is -0.120. The maximum Gasteiger partial charge on any atom is 0.0667 e. The fourth-order valence-corrected chi connectivity index (χ4v) is 3.04. The molecule has 16 heavy (non-hydrogen) atoms. The van der Waals surface area contributed by atoms with Crippen molar-refractivity contribution in [2.75, 3.05) is 13.2 Å². The maximum absolute atomic E-state index is 9.94. The summed E-state index contributed by atoms with van der Waals surface area (Å²) in [6.45, 7) is 0.861. The molecule has 0 aromatic carbocycles. The molecule has 0 radical (unpaired) electrons. The summed E-state index contributed by atoms with van der Waals surface area (Å²) < 4.78 is 0. The van der Waals surface area contributed by atoms with Crippen molar-refractivity contribution >= 4 is 0 Å². The Kier molecular flexibility index (Phi) is 4.22. The van der Waals surface area contributed by atoms with E-state index in [4.69, 9.17) is 0 Å². The van der Waals surface area contributed by atoms with E-state index in [1.54, 1.807) is 0 Å². The van der Waals surface area contributed by atoms with Gasteiger partial charge in [-0.1, -0.05) is 25.7 Å². The van der Waals surface area contributed by atoms with Gasteiger partial charge in [-0.15, -0.1) is 0 Å². The predicted octanol–water partition coefficient (Wildman–Crippen LogP) is 1.43. The van der Waals surface area contributed by atoms with Gasteiger partial charge in [0.1, 0.15) is 0 Å². The van der Waals surface area contributed by atoms with E-state index in [1.165, 1.54) is 32.1 Å². The van der Waals surface area contributed by atoms with E-state index in [0.717, 1.165) is 25.2 Å². The second-order valence-corrected chi connectivity index (χ2v) is 5.71. The first-order valence-electron chi connectivity index (χ1n) is 6.78. The van der Waals surface area contributed by atoms with E-state index in [1.807, 2.05) is 0 Å². The summed E-state index contributed by atoms with van der Waals surface area (Å²) >= 11 is 0. The maximum atomic E-state index is 9.94. The van der Waals surface area contributed by atoms with Crippen LogP contribution in [0.1, 0.15) is 51.4 Å². The molecular weight excluding hydrogens is 202 g/mol. The summed E-state index contributed by atoms with van der Waals surface area (Å²) in [5, 5.41) is 22.6. The van der Waals surface area contributed by atoms with Gasteiger partial charge in [0, 0.05) is 12.1 Å². The zero-order chi connectivity index (χ0) is 11.4. The Morgan fingerprint density at radius 3 is 2.38 bits per heavy atom. The molecule has 2 fully saturated rings. The van der Waals surface area contributed by atoms with E-state index in [9.17, 15) is 10.2 Å². The Morgan fingerprint density at radius 2 is 1.88 bits per heavy atom. The van der Waals surface area contributed by atoms with Crippen LogP contribution in [0.3, 0.4) is 0 Å². The van der Waals surface area contributed by atoms with Crippen molar-refractivity contribution in [3.8, 4) is 0 Å². The molecule has 1 unspecified atom stereocenters. The summed E-state index contributed by atoms with van der Waals surface area (Å²) in [6.07, 6.45) is 9.29. The monoisotopic (exact) mass is 227 g/mol.